The predicted molar refractivity (Wildman–Crippen MR) is 65.9 cm³/mol. The quantitative estimate of drug-likeness (QED) is 0.899. The fourth-order valence-corrected chi connectivity index (χ4v) is 1.67. The molecule has 1 aromatic rings. The number of carbonyl (C=O) groups excluding carboxylic acids is 1. The molecule has 1 saturated heterocycles. The first-order valence-electron chi connectivity index (χ1n) is 5.29. The molecule has 1 fully saturated rings. The highest BCUT2D eigenvalue weighted by molar-refractivity contribution is 9.10. The molecular formula is C11H13BrN2O3. The van der Waals surface area contributed by atoms with E-state index < -0.39 is 6.10 Å². The van der Waals surface area contributed by atoms with Crippen molar-refractivity contribution in [1.29, 1.82) is 0 Å². The summed E-state index contributed by atoms with van der Waals surface area (Å²) in [4.78, 5) is 15.9. The highest BCUT2D eigenvalue weighted by Gasteiger charge is 2.22. The second-order valence-electron chi connectivity index (χ2n) is 3.74. The number of rotatable bonds is 2. The summed E-state index contributed by atoms with van der Waals surface area (Å²) < 4.78 is 11.4. The summed E-state index contributed by atoms with van der Waals surface area (Å²) in [6.45, 7) is 3.22. The lowest BCUT2D eigenvalue weighted by Gasteiger charge is -2.21. The first-order valence-corrected chi connectivity index (χ1v) is 6.08. The number of hydrogen-bond acceptors (Lipinski definition) is 4. The number of pyridine rings is 1. The van der Waals surface area contributed by atoms with Crippen LogP contribution in [0.15, 0.2) is 16.7 Å². The van der Waals surface area contributed by atoms with Gasteiger partial charge in [0.15, 0.2) is 6.10 Å². The number of amides is 1. The highest BCUT2D eigenvalue weighted by Crippen LogP contribution is 2.17. The van der Waals surface area contributed by atoms with Gasteiger partial charge in [-0.2, -0.15) is 0 Å². The van der Waals surface area contributed by atoms with Crippen molar-refractivity contribution >= 4 is 27.7 Å². The minimum Gasteiger partial charge on any atom is -0.376 e. The van der Waals surface area contributed by atoms with Gasteiger partial charge in [-0.3, -0.25) is 4.79 Å². The molecule has 1 unspecified atom stereocenters. The van der Waals surface area contributed by atoms with Crippen LogP contribution < -0.4 is 5.32 Å². The van der Waals surface area contributed by atoms with Crippen molar-refractivity contribution in [2.45, 2.75) is 13.0 Å². The molecule has 0 aromatic carbocycles. The van der Waals surface area contributed by atoms with Gasteiger partial charge in [0.2, 0.25) is 0 Å². The van der Waals surface area contributed by atoms with Gasteiger partial charge < -0.3 is 14.8 Å². The zero-order valence-corrected chi connectivity index (χ0v) is 11.0. The number of nitrogens with zero attached hydrogens (tertiary/aromatic N) is 1. The van der Waals surface area contributed by atoms with E-state index >= 15 is 0 Å². The minimum absolute atomic E-state index is 0.223. The maximum atomic E-state index is 11.8. The number of aryl methyl sites for hydroxylation is 1. The molecule has 1 amide bonds. The van der Waals surface area contributed by atoms with Gasteiger partial charge in [0, 0.05) is 10.7 Å². The summed E-state index contributed by atoms with van der Waals surface area (Å²) in [5.74, 6) is 0.295. The lowest BCUT2D eigenvalue weighted by molar-refractivity contribution is -0.142. The van der Waals surface area contributed by atoms with Crippen molar-refractivity contribution in [1.82, 2.24) is 4.98 Å². The lowest BCUT2D eigenvalue weighted by atomic mass is 10.3. The Balaban J connectivity index is 1.99. The molecular weight excluding hydrogens is 288 g/mol. The fraction of sp³-hybridized carbons (Fsp3) is 0.455. The highest BCUT2D eigenvalue weighted by atomic mass is 79.9. The van der Waals surface area contributed by atoms with Crippen LogP contribution in [0.1, 0.15) is 5.56 Å². The number of hydrogen-bond donors (Lipinski definition) is 1. The number of ether oxygens (including phenoxy) is 2. The second kappa shape index (κ2) is 5.57. The molecule has 5 nitrogen and oxygen atoms in total. The third kappa shape index (κ3) is 3.24. The average Bonchev–Trinajstić information content (AvgIpc) is 2.35. The van der Waals surface area contributed by atoms with Gasteiger partial charge in [-0.05, 0) is 34.5 Å². The number of anilines is 1. The molecule has 1 aliphatic rings. The molecule has 1 atom stereocenters. The number of nitrogens with one attached hydrogen (secondary N) is 1. The van der Waals surface area contributed by atoms with Crippen LogP contribution in [0, 0.1) is 6.92 Å². The van der Waals surface area contributed by atoms with Crippen molar-refractivity contribution in [3.05, 3.63) is 22.3 Å². The predicted octanol–water partition coefficient (Wildman–Crippen LogP) is 1.51. The van der Waals surface area contributed by atoms with Gasteiger partial charge in [-0.15, -0.1) is 0 Å². The Morgan fingerprint density at radius 1 is 1.59 bits per heavy atom. The van der Waals surface area contributed by atoms with E-state index in [1.54, 1.807) is 12.3 Å². The van der Waals surface area contributed by atoms with E-state index in [2.05, 4.69) is 26.2 Å². The van der Waals surface area contributed by atoms with E-state index in [1.165, 1.54) is 0 Å². The molecule has 0 radical (unpaired) electrons. The molecule has 1 N–H and O–H groups in total. The van der Waals surface area contributed by atoms with Crippen LogP contribution in [-0.2, 0) is 14.3 Å². The van der Waals surface area contributed by atoms with Crippen LogP contribution in [0.4, 0.5) is 5.82 Å². The third-order valence-electron chi connectivity index (χ3n) is 2.41. The van der Waals surface area contributed by atoms with Crippen molar-refractivity contribution < 1.29 is 14.3 Å². The summed E-state index contributed by atoms with van der Waals surface area (Å²) in [6, 6.07) is 1.80. The minimum atomic E-state index is -0.547. The normalized spacial score (nSPS) is 20.0. The smallest absolute Gasteiger partial charge is 0.257 e. The summed E-state index contributed by atoms with van der Waals surface area (Å²) in [5.41, 5.74) is 1.01. The zero-order chi connectivity index (χ0) is 12.3. The van der Waals surface area contributed by atoms with Crippen LogP contribution in [0.3, 0.4) is 0 Å². The topological polar surface area (TPSA) is 60.5 Å². The molecule has 1 aliphatic heterocycles. The first kappa shape index (κ1) is 12.5. The lowest BCUT2D eigenvalue weighted by Crippen LogP contribution is -2.39. The average molecular weight is 301 g/mol. The molecule has 2 heterocycles. The Hall–Kier alpha value is -0.980. The Kier molecular flexibility index (Phi) is 4.09. The van der Waals surface area contributed by atoms with E-state index in [0.29, 0.717) is 25.6 Å². The van der Waals surface area contributed by atoms with Crippen molar-refractivity contribution in [2.24, 2.45) is 0 Å². The van der Waals surface area contributed by atoms with Gasteiger partial charge in [-0.25, -0.2) is 4.98 Å². The van der Waals surface area contributed by atoms with Crippen molar-refractivity contribution in [3.8, 4) is 0 Å². The van der Waals surface area contributed by atoms with Gasteiger partial charge in [-0.1, -0.05) is 0 Å². The van der Waals surface area contributed by atoms with Crippen LogP contribution in [0.2, 0.25) is 0 Å². The van der Waals surface area contributed by atoms with E-state index in [4.69, 9.17) is 9.47 Å². The van der Waals surface area contributed by atoms with E-state index in [0.717, 1.165) is 10.0 Å². The van der Waals surface area contributed by atoms with Crippen LogP contribution >= 0.6 is 15.9 Å². The van der Waals surface area contributed by atoms with E-state index in [9.17, 15) is 4.79 Å². The summed E-state index contributed by atoms with van der Waals surface area (Å²) in [5, 5.41) is 2.70. The maximum absolute atomic E-state index is 11.8. The Bertz CT molecular complexity index is 419. The first-order chi connectivity index (χ1) is 8.16. The van der Waals surface area contributed by atoms with Crippen molar-refractivity contribution in [2.75, 3.05) is 25.1 Å². The van der Waals surface area contributed by atoms with Gasteiger partial charge in [0.25, 0.3) is 5.91 Å². The summed E-state index contributed by atoms with van der Waals surface area (Å²) >= 11 is 3.35. The third-order valence-corrected chi connectivity index (χ3v) is 3.24. The van der Waals surface area contributed by atoms with E-state index in [-0.39, 0.29) is 5.91 Å². The molecule has 0 bridgehead atoms. The second-order valence-corrected chi connectivity index (χ2v) is 4.60. The number of carbonyl (C=O) groups is 1. The largest absolute Gasteiger partial charge is 0.376 e. The fourth-order valence-electron chi connectivity index (χ4n) is 1.45. The monoisotopic (exact) mass is 300 g/mol. The SMILES string of the molecule is Cc1cc(NC(=O)C2COCCO2)ncc1Br. The zero-order valence-electron chi connectivity index (χ0n) is 9.40. The van der Waals surface area contributed by atoms with Crippen molar-refractivity contribution in [3.63, 3.8) is 0 Å². The summed E-state index contributed by atoms with van der Waals surface area (Å²) in [7, 11) is 0. The Labute approximate surface area is 108 Å². The molecule has 17 heavy (non-hydrogen) atoms. The maximum Gasteiger partial charge on any atom is 0.257 e. The van der Waals surface area contributed by atoms with Crippen LogP contribution in [0.25, 0.3) is 0 Å². The van der Waals surface area contributed by atoms with Gasteiger partial charge >= 0.3 is 0 Å². The number of halogens is 1. The summed E-state index contributed by atoms with van der Waals surface area (Å²) in [6.07, 6.45) is 1.11. The molecule has 2 rings (SSSR count). The molecule has 92 valence electrons. The Morgan fingerprint density at radius 3 is 3.06 bits per heavy atom. The Morgan fingerprint density at radius 2 is 2.41 bits per heavy atom. The van der Waals surface area contributed by atoms with Gasteiger partial charge in [0.1, 0.15) is 5.82 Å². The van der Waals surface area contributed by atoms with Crippen LogP contribution in [-0.4, -0.2) is 36.8 Å². The molecule has 6 heteroatoms. The van der Waals surface area contributed by atoms with E-state index in [1.807, 2.05) is 6.92 Å². The van der Waals surface area contributed by atoms with Gasteiger partial charge in [0.05, 0.1) is 19.8 Å². The standard InChI is InChI=1S/C11H13BrN2O3/c1-7-4-10(13-5-8(7)12)14-11(15)9-6-16-2-3-17-9/h4-5,9H,2-3,6H2,1H3,(H,13,14,15). The molecule has 0 aliphatic carbocycles. The molecule has 1 aromatic heterocycles. The number of aromatic nitrogens is 1. The molecule has 0 spiro atoms. The molecule has 0 saturated carbocycles. The van der Waals surface area contributed by atoms with Crippen LogP contribution in [0.5, 0.6) is 0 Å².